The van der Waals surface area contributed by atoms with E-state index in [-0.39, 0.29) is 11.9 Å². The highest BCUT2D eigenvalue weighted by molar-refractivity contribution is 5.75. The summed E-state index contributed by atoms with van der Waals surface area (Å²) in [6.07, 6.45) is 8.85. The number of ether oxygens (including phenoxy) is 1. The van der Waals surface area contributed by atoms with Gasteiger partial charge in [0.15, 0.2) is 0 Å². The van der Waals surface area contributed by atoms with E-state index in [1.165, 1.54) is 32.8 Å². The van der Waals surface area contributed by atoms with Gasteiger partial charge in [0.05, 0.1) is 7.11 Å². The van der Waals surface area contributed by atoms with Crippen LogP contribution >= 0.6 is 0 Å². The largest absolute Gasteiger partial charge is 0.469 e. The van der Waals surface area contributed by atoms with Crippen LogP contribution in [0.4, 0.5) is 0 Å². The molecular formula is C15H29NO3. The van der Waals surface area contributed by atoms with Crippen LogP contribution in [-0.4, -0.2) is 37.5 Å². The van der Waals surface area contributed by atoms with E-state index >= 15 is 0 Å². The SMILES string of the molecule is CCCCCCCCC(=O)N(C)CCCC(=O)OC. The molecule has 0 aromatic heterocycles. The van der Waals surface area contributed by atoms with Crippen molar-refractivity contribution < 1.29 is 14.3 Å². The Morgan fingerprint density at radius 3 is 2.21 bits per heavy atom. The van der Waals surface area contributed by atoms with Gasteiger partial charge in [0.1, 0.15) is 0 Å². The van der Waals surface area contributed by atoms with Crippen LogP contribution in [0, 0.1) is 0 Å². The van der Waals surface area contributed by atoms with E-state index in [1.807, 2.05) is 0 Å². The summed E-state index contributed by atoms with van der Waals surface area (Å²) < 4.78 is 4.56. The molecule has 1 amide bonds. The minimum Gasteiger partial charge on any atom is -0.469 e. The maximum atomic E-state index is 11.8. The minimum absolute atomic E-state index is 0.181. The zero-order valence-corrected chi connectivity index (χ0v) is 12.7. The molecule has 0 rings (SSSR count). The second kappa shape index (κ2) is 12.0. The predicted molar refractivity (Wildman–Crippen MR) is 76.9 cm³/mol. The molecule has 0 heterocycles. The van der Waals surface area contributed by atoms with Crippen molar-refractivity contribution in [1.82, 2.24) is 4.90 Å². The molecular weight excluding hydrogens is 242 g/mol. The van der Waals surface area contributed by atoms with Crippen LogP contribution in [0.25, 0.3) is 0 Å². The quantitative estimate of drug-likeness (QED) is 0.428. The van der Waals surface area contributed by atoms with Crippen LogP contribution in [-0.2, 0) is 14.3 Å². The molecule has 4 heteroatoms. The Morgan fingerprint density at radius 1 is 0.947 bits per heavy atom. The Labute approximate surface area is 117 Å². The number of nitrogens with zero attached hydrogens (tertiary/aromatic N) is 1. The molecule has 0 aromatic carbocycles. The normalized spacial score (nSPS) is 10.3. The molecule has 0 aliphatic heterocycles. The Kier molecular flexibility index (Phi) is 11.3. The van der Waals surface area contributed by atoms with Crippen LogP contribution in [0.5, 0.6) is 0 Å². The first-order valence-electron chi connectivity index (χ1n) is 7.42. The lowest BCUT2D eigenvalue weighted by Gasteiger charge is -2.16. The fourth-order valence-electron chi connectivity index (χ4n) is 1.93. The van der Waals surface area contributed by atoms with E-state index in [0.717, 1.165) is 12.8 Å². The molecule has 0 N–H and O–H groups in total. The Hall–Kier alpha value is -1.06. The van der Waals surface area contributed by atoms with E-state index in [2.05, 4.69) is 11.7 Å². The molecule has 0 saturated heterocycles. The maximum Gasteiger partial charge on any atom is 0.305 e. The zero-order valence-electron chi connectivity index (χ0n) is 12.7. The fourth-order valence-corrected chi connectivity index (χ4v) is 1.93. The van der Waals surface area contributed by atoms with E-state index in [9.17, 15) is 9.59 Å². The van der Waals surface area contributed by atoms with Gasteiger partial charge in [-0.25, -0.2) is 0 Å². The van der Waals surface area contributed by atoms with E-state index in [1.54, 1.807) is 11.9 Å². The number of amides is 1. The maximum absolute atomic E-state index is 11.8. The van der Waals surface area contributed by atoms with Gasteiger partial charge in [-0.3, -0.25) is 9.59 Å². The highest BCUT2D eigenvalue weighted by Crippen LogP contribution is 2.08. The summed E-state index contributed by atoms with van der Waals surface area (Å²) in [5.41, 5.74) is 0. The lowest BCUT2D eigenvalue weighted by molar-refractivity contribution is -0.141. The number of hydrogen-bond acceptors (Lipinski definition) is 3. The molecule has 0 saturated carbocycles. The average molecular weight is 271 g/mol. The van der Waals surface area contributed by atoms with E-state index < -0.39 is 0 Å². The molecule has 19 heavy (non-hydrogen) atoms. The summed E-state index contributed by atoms with van der Waals surface area (Å²) in [4.78, 5) is 24.4. The molecule has 112 valence electrons. The second-order valence-corrected chi connectivity index (χ2v) is 5.01. The number of esters is 1. The number of carbonyl (C=O) groups excluding carboxylic acids is 2. The predicted octanol–water partition coefficient (Wildman–Crippen LogP) is 3.15. The molecule has 0 aliphatic carbocycles. The van der Waals surface area contributed by atoms with E-state index in [4.69, 9.17) is 0 Å². The van der Waals surface area contributed by atoms with Gasteiger partial charge in [-0.2, -0.15) is 0 Å². The van der Waals surface area contributed by atoms with Gasteiger partial charge < -0.3 is 9.64 Å². The van der Waals surface area contributed by atoms with Crippen molar-refractivity contribution in [2.24, 2.45) is 0 Å². The van der Waals surface area contributed by atoms with Crippen LogP contribution in [0.15, 0.2) is 0 Å². The number of unbranched alkanes of at least 4 members (excludes halogenated alkanes) is 5. The number of methoxy groups -OCH3 is 1. The average Bonchev–Trinajstić information content (AvgIpc) is 2.41. The minimum atomic E-state index is -0.211. The number of carbonyl (C=O) groups is 2. The summed E-state index contributed by atoms with van der Waals surface area (Å²) in [6, 6.07) is 0. The standard InChI is InChI=1S/C15H29NO3/c1-4-5-6-7-8-9-11-14(17)16(2)13-10-12-15(18)19-3/h4-13H2,1-3H3. The second-order valence-electron chi connectivity index (χ2n) is 5.01. The summed E-state index contributed by atoms with van der Waals surface area (Å²) in [5, 5.41) is 0. The smallest absolute Gasteiger partial charge is 0.305 e. The van der Waals surface area contributed by atoms with Crippen molar-refractivity contribution in [2.75, 3.05) is 20.7 Å². The third kappa shape index (κ3) is 10.5. The first-order chi connectivity index (χ1) is 9.11. The van der Waals surface area contributed by atoms with Crippen molar-refractivity contribution in [3.8, 4) is 0 Å². The molecule has 0 spiro atoms. The Bertz CT molecular complexity index is 254. The summed E-state index contributed by atoms with van der Waals surface area (Å²) in [7, 11) is 3.19. The lowest BCUT2D eigenvalue weighted by Crippen LogP contribution is -2.27. The van der Waals surface area contributed by atoms with Gasteiger partial charge in [0.2, 0.25) is 5.91 Å². The Balaban J connectivity index is 3.51. The molecule has 0 aromatic rings. The molecule has 0 radical (unpaired) electrons. The third-order valence-electron chi connectivity index (χ3n) is 3.27. The van der Waals surface area contributed by atoms with Gasteiger partial charge in [-0.05, 0) is 12.8 Å². The zero-order chi connectivity index (χ0) is 14.5. The van der Waals surface area contributed by atoms with Gasteiger partial charge in [0.25, 0.3) is 0 Å². The van der Waals surface area contributed by atoms with Crippen LogP contribution in [0.1, 0.15) is 64.7 Å². The molecule has 0 fully saturated rings. The first kappa shape index (κ1) is 17.9. The highest BCUT2D eigenvalue weighted by Gasteiger charge is 2.09. The van der Waals surface area contributed by atoms with Crippen LogP contribution in [0.2, 0.25) is 0 Å². The fraction of sp³-hybridized carbons (Fsp3) is 0.867. The molecule has 0 atom stereocenters. The molecule has 0 unspecified atom stereocenters. The van der Waals surface area contributed by atoms with Crippen molar-refractivity contribution in [3.63, 3.8) is 0 Å². The third-order valence-corrected chi connectivity index (χ3v) is 3.27. The summed E-state index contributed by atoms with van der Waals surface area (Å²) in [6.45, 7) is 2.83. The van der Waals surface area contributed by atoms with E-state index in [0.29, 0.717) is 25.8 Å². The van der Waals surface area contributed by atoms with Crippen LogP contribution < -0.4 is 0 Å². The number of rotatable bonds is 11. The van der Waals surface area contributed by atoms with Crippen molar-refractivity contribution in [1.29, 1.82) is 0 Å². The van der Waals surface area contributed by atoms with Gasteiger partial charge in [-0.1, -0.05) is 39.0 Å². The number of hydrogen-bond donors (Lipinski definition) is 0. The van der Waals surface area contributed by atoms with Crippen molar-refractivity contribution in [2.45, 2.75) is 64.7 Å². The molecule has 0 bridgehead atoms. The topological polar surface area (TPSA) is 46.6 Å². The van der Waals surface area contributed by atoms with Crippen LogP contribution in [0.3, 0.4) is 0 Å². The first-order valence-corrected chi connectivity index (χ1v) is 7.42. The Morgan fingerprint density at radius 2 is 1.58 bits per heavy atom. The van der Waals surface area contributed by atoms with Crippen molar-refractivity contribution >= 4 is 11.9 Å². The molecule has 0 aliphatic rings. The summed E-state index contributed by atoms with van der Waals surface area (Å²) in [5.74, 6) is -0.0304. The monoisotopic (exact) mass is 271 g/mol. The summed E-state index contributed by atoms with van der Waals surface area (Å²) >= 11 is 0. The molecule has 4 nitrogen and oxygen atoms in total. The highest BCUT2D eigenvalue weighted by atomic mass is 16.5. The van der Waals surface area contributed by atoms with Gasteiger partial charge in [0, 0.05) is 26.4 Å². The van der Waals surface area contributed by atoms with Gasteiger partial charge in [-0.15, -0.1) is 0 Å². The van der Waals surface area contributed by atoms with Crippen molar-refractivity contribution in [3.05, 3.63) is 0 Å². The lowest BCUT2D eigenvalue weighted by atomic mass is 10.1. The van der Waals surface area contributed by atoms with Gasteiger partial charge >= 0.3 is 5.97 Å².